The maximum absolute atomic E-state index is 10.5. The fourth-order valence-electron chi connectivity index (χ4n) is 12.1. The molecule has 13 rings (SSSR count). The van der Waals surface area contributed by atoms with Crippen LogP contribution in [0.1, 0.15) is 50.9 Å². The molecule has 0 amide bonds. The van der Waals surface area contributed by atoms with Gasteiger partial charge in [-0.2, -0.15) is 0 Å². The van der Waals surface area contributed by atoms with E-state index in [0.29, 0.717) is 85.4 Å². The minimum absolute atomic E-state index is 0.0641. The summed E-state index contributed by atoms with van der Waals surface area (Å²) >= 11 is 0. The van der Waals surface area contributed by atoms with Crippen LogP contribution in [0.25, 0.3) is 10.4 Å². The Morgan fingerprint density at radius 2 is 0.518 bits per heavy atom. The van der Waals surface area contributed by atoms with Crippen LogP contribution in [0.15, 0.2) is 96.9 Å². The average molecular weight is 1540 g/mol. The van der Waals surface area contributed by atoms with Crippen molar-refractivity contribution in [3.05, 3.63) is 153 Å². The summed E-state index contributed by atoms with van der Waals surface area (Å²) in [5, 5.41) is 216. The van der Waals surface area contributed by atoms with Crippen LogP contribution >= 0.6 is 0 Å². The molecule has 0 radical (unpaired) electrons. The van der Waals surface area contributed by atoms with E-state index >= 15 is 0 Å². The molecule has 9 aromatic rings. The molecule has 0 bridgehead atoms. The van der Waals surface area contributed by atoms with Crippen molar-refractivity contribution in [2.75, 3.05) is 0 Å². The Labute approximate surface area is 618 Å². The van der Waals surface area contributed by atoms with E-state index in [-0.39, 0.29) is 85.5 Å². The normalized spacial score (nSPS) is 28.3. The lowest BCUT2D eigenvalue weighted by atomic mass is 9.99. The van der Waals surface area contributed by atoms with Crippen LogP contribution < -0.4 is 28.4 Å². The van der Waals surface area contributed by atoms with E-state index in [9.17, 15) is 87.2 Å². The van der Waals surface area contributed by atoms with Crippen LogP contribution in [0, 0.1) is 0 Å². The number of ether oxygens (including phenoxy) is 10. The first-order valence-corrected chi connectivity index (χ1v) is 34.0. The van der Waals surface area contributed by atoms with E-state index in [4.69, 9.17) is 47.4 Å². The minimum atomic E-state index is -1.75. The van der Waals surface area contributed by atoms with Crippen molar-refractivity contribution in [2.24, 2.45) is 5.11 Å². The molecule has 20 atom stereocenters. The predicted octanol–water partition coefficient (Wildman–Crippen LogP) is -7.18. The van der Waals surface area contributed by atoms with E-state index in [1.165, 1.54) is 52.9 Å². The number of benzene rings is 3. The summed E-state index contributed by atoms with van der Waals surface area (Å²) < 4.78 is 66.5. The molecule has 16 N–H and O–H groups in total. The van der Waals surface area contributed by atoms with Gasteiger partial charge < -0.3 is 129 Å². The van der Waals surface area contributed by atoms with Gasteiger partial charge in [-0.15, -0.1) is 30.6 Å². The van der Waals surface area contributed by atoms with Gasteiger partial charge in [-0.1, -0.05) is 36.4 Å². The third kappa shape index (κ3) is 19.3. The lowest BCUT2D eigenvalue weighted by Gasteiger charge is -2.38. The molecule has 6 aromatic heterocycles. The van der Waals surface area contributed by atoms with Gasteiger partial charge in [0.15, 0.2) is 25.2 Å². The summed E-state index contributed by atoms with van der Waals surface area (Å²) in [4.78, 5) is 2.90. The van der Waals surface area contributed by atoms with Crippen molar-refractivity contribution in [2.45, 2.75) is 208 Å². The Bertz CT molecular complexity index is 4100. The van der Waals surface area contributed by atoms with Gasteiger partial charge in [0.05, 0.1) is 83.0 Å². The molecular formula is C63H77N21O26. The van der Waals surface area contributed by atoms with Crippen LogP contribution in [0.5, 0.6) is 34.5 Å². The van der Waals surface area contributed by atoms with Gasteiger partial charge in [-0.25, -0.2) is 28.1 Å². The summed E-state index contributed by atoms with van der Waals surface area (Å²) in [5.74, 6) is 1.82. The maximum atomic E-state index is 10.5. The highest BCUT2D eigenvalue weighted by atomic mass is 16.7. The molecule has 0 spiro atoms. The Morgan fingerprint density at radius 1 is 0.300 bits per heavy atom. The first kappa shape index (κ1) is 77.9. The zero-order valence-corrected chi connectivity index (χ0v) is 57.5. The lowest BCUT2D eigenvalue weighted by Crippen LogP contribution is -2.58. The van der Waals surface area contributed by atoms with E-state index < -0.39 is 123 Å². The molecule has 0 saturated carbocycles. The van der Waals surface area contributed by atoms with Crippen LogP contribution in [0.4, 0.5) is 0 Å². The molecule has 47 nitrogen and oxygen atoms in total. The largest absolute Gasteiger partial charge is 0.487 e. The highest BCUT2D eigenvalue weighted by Gasteiger charge is 2.47. The molecule has 4 saturated heterocycles. The second kappa shape index (κ2) is 34.8. The molecule has 4 unspecified atom stereocenters. The van der Waals surface area contributed by atoms with Crippen LogP contribution in [0.2, 0.25) is 0 Å². The highest BCUT2D eigenvalue weighted by molar-refractivity contribution is 5.41. The van der Waals surface area contributed by atoms with Gasteiger partial charge in [0.25, 0.3) is 0 Å². The summed E-state index contributed by atoms with van der Waals surface area (Å²) in [6.07, 6.45) is -22.1. The van der Waals surface area contributed by atoms with Crippen LogP contribution in [-0.4, -0.2) is 294 Å². The molecule has 47 heteroatoms. The van der Waals surface area contributed by atoms with Crippen molar-refractivity contribution in [3.8, 4) is 34.5 Å². The number of aromatic nitrogens is 18. The van der Waals surface area contributed by atoms with E-state index in [0.717, 1.165) is 0 Å². The van der Waals surface area contributed by atoms with Crippen molar-refractivity contribution < 1.29 is 129 Å². The zero-order chi connectivity index (χ0) is 77.4. The molecular weight excluding hydrogens is 1470 g/mol. The van der Waals surface area contributed by atoms with Crippen molar-refractivity contribution >= 4 is 0 Å². The third-order valence-corrected chi connectivity index (χ3v) is 17.9. The molecule has 590 valence electrons. The lowest BCUT2D eigenvalue weighted by molar-refractivity contribution is -0.284. The van der Waals surface area contributed by atoms with Gasteiger partial charge in [-0.05, 0) is 58.6 Å². The van der Waals surface area contributed by atoms with Gasteiger partial charge in [0.2, 0.25) is 0 Å². The topological polar surface area (TPSA) is 649 Å². The average Bonchev–Trinajstić information content (AvgIpc) is 1.01. The zero-order valence-electron chi connectivity index (χ0n) is 57.5. The molecule has 4 aliphatic rings. The Hall–Kier alpha value is -10.2. The SMILES string of the molecule is [N-]=[N+]=NCc1cc(OCc2cn(Cc3cc(OCc4cn(C[C@H]5OC(O)[C@H](O)[C@@H](O)[C@@H]5O)nn4)cc(OCc4cn(C[C@H]5OC(O)[C@H](O)[C@@H](O)[C@@H]5O)nn4)c3)nn2)cc(OCc2cn(Cc3cc(OCc4cn(C[C@H]5OC(O)[C@H](O)[C@@H](O)[C@@H]5O)nn4)cc(OCc4cn(C[C@H]5OC(O)[C@H](O)[C@@H](O)[C@@H]5O)nn4)c3)nn2)c1. The van der Waals surface area contributed by atoms with Gasteiger partial charge >= 0.3 is 0 Å². The van der Waals surface area contributed by atoms with Gasteiger partial charge in [0, 0.05) is 23.1 Å². The van der Waals surface area contributed by atoms with Crippen LogP contribution in [0.3, 0.4) is 0 Å². The quantitative estimate of drug-likeness (QED) is 0.0106. The van der Waals surface area contributed by atoms with E-state index in [1.54, 1.807) is 67.0 Å². The number of hydrogen-bond donors (Lipinski definition) is 16. The summed E-state index contributed by atoms with van der Waals surface area (Å²) in [6.45, 7) is -1.16. The number of hydrogen-bond acceptors (Lipinski definition) is 39. The van der Waals surface area contributed by atoms with Crippen molar-refractivity contribution in [3.63, 3.8) is 0 Å². The predicted molar refractivity (Wildman–Crippen MR) is 352 cm³/mol. The van der Waals surface area contributed by atoms with Crippen molar-refractivity contribution in [1.29, 1.82) is 0 Å². The molecule has 3 aromatic carbocycles. The number of nitrogens with zero attached hydrogens (tertiary/aromatic N) is 21. The number of aliphatic hydroxyl groups is 16. The molecule has 0 aliphatic carbocycles. The fraction of sp³-hybridized carbons (Fsp3) is 0.524. The van der Waals surface area contributed by atoms with E-state index in [1.807, 2.05) is 0 Å². The summed E-state index contributed by atoms with van der Waals surface area (Å²) in [6, 6.07) is 15.0. The Morgan fingerprint density at radius 3 is 0.755 bits per heavy atom. The second-order valence-electron chi connectivity index (χ2n) is 26.2. The number of aliphatic hydroxyl groups excluding tert-OH is 16. The number of rotatable bonds is 32. The highest BCUT2D eigenvalue weighted by Crippen LogP contribution is 2.31. The Balaban J connectivity index is 0.651. The van der Waals surface area contributed by atoms with E-state index in [2.05, 4.69) is 71.9 Å². The molecule has 4 fully saturated rings. The maximum Gasteiger partial charge on any atom is 0.184 e. The van der Waals surface area contributed by atoms with Gasteiger partial charge in [-0.3, -0.25) is 0 Å². The molecule has 10 heterocycles. The fourth-order valence-corrected chi connectivity index (χ4v) is 12.1. The standard InChI is InChI=1S/C63H77N21O26/c64-72-65-10-29-1-38(101-23-32-13-79(73-66-32)11-30-3-40(103-25-34-15-81(75-68-34)19-44-48(85)52(89)56(93)60(97)107-44)8-41(4-30)104-26-35-16-82(76-69-35)20-45-49(86)53(90)57(94)61(98)108-45)7-39(2-29)102-24-33-14-80(74-67-33)12-31-5-42(105-27-36-17-83(77-70-36)21-46-50(87)54(91)58(95)62(99)109-46)9-43(6-31)106-28-37-18-84(78-71-37)22-47-51(88)55(92)59(96)63(100)110-47/h1-9,13-18,44-63,85-100H,10-12,19-28H2/t44-,45-,46-,47-,48-,49-,50-,51-,52+,53+,54+,55+,56-,57-,58-,59-,60?,61?,62?,63?/m1/s1. The van der Waals surface area contributed by atoms with Crippen molar-refractivity contribution in [1.82, 2.24) is 90.0 Å². The first-order valence-electron chi connectivity index (χ1n) is 34.0. The first-order chi connectivity index (χ1) is 52.9. The third-order valence-electron chi connectivity index (χ3n) is 17.9. The second-order valence-corrected chi connectivity index (χ2v) is 26.2. The number of azide groups is 1. The summed E-state index contributed by atoms with van der Waals surface area (Å²) in [7, 11) is 0. The van der Waals surface area contributed by atoms with Crippen LogP contribution in [-0.2, 0) is 104 Å². The Kier molecular flexibility index (Phi) is 24.7. The summed E-state index contributed by atoms with van der Waals surface area (Å²) in [5.41, 5.74) is 13.1. The van der Waals surface area contributed by atoms with Gasteiger partial charge in [0.1, 0.15) is 206 Å². The molecule has 110 heavy (non-hydrogen) atoms. The minimum Gasteiger partial charge on any atom is -0.487 e. The monoisotopic (exact) mass is 1540 g/mol. The smallest absolute Gasteiger partial charge is 0.184 e. The molecule has 4 aliphatic heterocycles.